The molecule has 4 rings (SSSR count). The Morgan fingerprint density at radius 1 is 1.19 bits per heavy atom. The first kappa shape index (κ1) is 19.0. The molecule has 0 amide bonds. The highest BCUT2D eigenvalue weighted by Crippen LogP contribution is 2.66. The van der Waals surface area contributed by atoms with Crippen LogP contribution in [0.25, 0.3) is 0 Å². The molecule has 148 valence electrons. The van der Waals surface area contributed by atoms with Gasteiger partial charge in [-0.05, 0) is 85.9 Å². The van der Waals surface area contributed by atoms with Gasteiger partial charge in [-0.3, -0.25) is 0 Å². The van der Waals surface area contributed by atoms with Gasteiger partial charge in [0.05, 0.1) is 0 Å². The molecule has 0 radical (unpaired) electrons. The van der Waals surface area contributed by atoms with Crippen LogP contribution in [0, 0.1) is 46.3 Å². The van der Waals surface area contributed by atoms with Gasteiger partial charge in [0.25, 0.3) is 0 Å². The van der Waals surface area contributed by atoms with Crippen LogP contribution in [0.15, 0.2) is 36.0 Å². The molecule has 2 fully saturated rings. The summed E-state index contributed by atoms with van der Waals surface area (Å²) < 4.78 is 0. The monoisotopic (exact) mass is 368 g/mol. The van der Waals surface area contributed by atoms with E-state index in [9.17, 15) is 9.90 Å². The van der Waals surface area contributed by atoms with Crippen molar-refractivity contribution < 1.29 is 9.90 Å². The van der Waals surface area contributed by atoms with E-state index in [0.717, 1.165) is 12.8 Å². The van der Waals surface area contributed by atoms with Crippen LogP contribution in [0.3, 0.4) is 0 Å². The number of hydrogen-bond acceptors (Lipinski definition) is 1. The Labute approximate surface area is 164 Å². The highest BCUT2D eigenvalue weighted by molar-refractivity contribution is 5.87. The van der Waals surface area contributed by atoms with E-state index in [2.05, 4.69) is 52.5 Å². The van der Waals surface area contributed by atoms with E-state index >= 15 is 0 Å². The topological polar surface area (TPSA) is 37.3 Å². The van der Waals surface area contributed by atoms with E-state index in [1.165, 1.54) is 31.3 Å². The fraction of sp³-hybridized carbons (Fsp3) is 0.720. The van der Waals surface area contributed by atoms with Crippen LogP contribution in [-0.4, -0.2) is 11.1 Å². The lowest BCUT2D eigenvalue weighted by molar-refractivity contribution is -0.133. The lowest BCUT2D eigenvalue weighted by Crippen LogP contribution is -2.48. The van der Waals surface area contributed by atoms with Gasteiger partial charge in [-0.1, -0.05) is 51.2 Å². The van der Waals surface area contributed by atoms with Crippen molar-refractivity contribution in [1.29, 1.82) is 0 Å². The number of carboxylic acid groups (broad SMARTS) is 1. The third kappa shape index (κ3) is 2.86. The van der Waals surface area contributed by atoms with E-state index in [-0.39, 0.29) is 5.92 Å². The molecule has 0 aromatic heterocycles. The minimum absolute atomic E-state index is 0.101. The van der Waals surface area contributed by atoms with Crippen LogP contribution >= 0.6 is 0 Å². The molecule has 1 N–H and O–H groups in total. The summed E-state index contributed by atoms with van der Waals surface area (Å²) in [6.45, 7) is 13.9. The summed E-state index contributed by atoms with van der Waals surface area (Å²) in [5.74, 6) is 2.13. The molecule has 0 heterocycles. The Balaban J connectivity index is 1.78. The van der Waals surface area contributed by atoms with Gasteiger partial charge in [-0.2, -0.15) is 0 Å². The van der Waals surface area contributed by atoms with Gasteiger partial charge >= 0.3 is 5.97 Å². The zero-order chi connectivity index (χ0) is 19.6. The summed E-state index contributed by atoms with van der Waals surface area (Å²) in [4.78, 5) is 12.1. The summed E-state index contributed by atoms with van der Waals surface area (Å²) in [6, 6.07) is 0. The molecule has 0 unspecified atom stereocenters. The maximum Gasteiger partial charge on any atom is 0.331 e. The maximum atomic E-state index is 12.1. The van der Waals surface area contributed by atoms with Crippen molar-refractivity contribution in [2.45, 2.75) is 66.2 Å². The number of carbonyl (C=O) groups is 1. The average Bonchev–Trinajstić information content (AvgIpc) is 3.10. The number of carboxylic acids is 1. The van der Waals surface area contributed by atoms with Crippen molar-refractivity contribution in [2.75, 3.05) is 0 Å². The van der Waals surface area contributed by atoms with Crippen LogP contribution in [0.4, 0.5) is 0 Å². The molecule has 2 heteroatoms. The summed E-state index contributed by atoms with van der Waals surface area (Å²) in [6.07, 6.45) is 13.8. The maximum absolute atomic E-state index is 12.1. The quantitative estimate of drug-likeness (QED) is 0.585. The van der Waals surface area contributed by atoms with Gasteiger partial charge in [0.2, 0.25) is 0 Å². The smallest absolute Gasteiger partial charge is 0.331 e. The zero-order valence-corrected chi connectivity index (χ0v) is 17.5. The molecule has 4 aliphatic rings. The van der Waals surface area contributed by atoms with E-state index in [1.54, 1.807) is 0 Å². The van der Waals surface area contributed by atoms with Crippen LogP contribution in [0.2, 0.25) is 0 Å². The van der Waals surface area contributed by atoms with Crippen molar-refractivity contribution in [1.82, 2.24) is 0 Å². The van der Waals surface area contributed by atoms with Crippen LogP contribution < -0.4 is 0 Å². The van der Waals surface area contributed by atoms with Crippen LogP contribution in [0.5, 0.6) is 0 Å². The molecule has 27 heavy (non-hydrogen) atoms. The van der Waals surface area contributed by atoms with Crippen molar-refractivity contribution in [3.63, 3.8) is 0 Å². The molecule has 0 saturated heterocycles. The van der Waals surface area contributed by atoms with Crippen LogP contribution in [0.1, 0.15) is 66.2 Å². The summed E-state index contributed by atoms with van der Waals surface area (Å²) in [7, 11) is 0. The van der Waals surface area contributed by atoms with Crippen molar-refractivity contribution in [2.24, 2.45) is 46.3 Å². The highest BCUT2D eigenvalue weighted by Gasteiger charge is 2.58. The van der Waals surface area contributed by atoms with Crippen molar-refractivity contribution in [3.05, 3.63) is 36.0 Å². The molecule has 8 atom stereocenters. The molecule has 0 aliphatic heterocycles. The molecule has 0 aromatic carbocycles. The van der Waals surface area contributed by atoms with Gasteiger partial charge < -0.3 is 5.11 Å². The van der Waals surface area contributed by atoms with Crippen molar-refractivity contribution in [3.8, 4) is 0 Å². The molecular formula is C25H36O2. The predicted molar refractivity (Wildman–Crippen MR) is 110 cm³/mol. The largest absolute Gasteiger partial charge is 0.478 e. The molecule has 0 bridgehead atoms. The summed E-state index contributed by atoms with van der Waals surface area (Å²) in [5, 5.41) is 9.91. The molecule has 0 aromatic rings. The predicted octanol–water partition coefficient (Wildman–Crippen LogP) is 6.25. The molecule has 2 nitrogen and oxygen atoms in total. The summed E-state index contributed by atoms with van der Waals surface area (Å²) >= 11 is 0. The zero-order valence-electron chi connectivity index (χ0n) is 17.5. The third-order valence-corrected chi connectivity index (χ3v) is 9.15. The van der Waals surface area contributed by atoms with E-state index in [1.807, 2.05) is 0 Å². The van der Waals surface area contributed by atoms with Crippen LogP contribution in [-0.2, 0) is 4.79 Å². The van der Waals surface area contributed by atoms with E-state index < -0.39 is 5.97 Å². The minimum atomic E-state index is -0.714. The van der Waals surface area contributed by atoms with Gasteiger partial charge in [0.15, 0.2) is 0 Å². The second-order valence-electron chi connectivity index (χ2n) is 10.8. The normalized spacial score (nSPS) is 50.6. The number of allylic oxidation sites excluding steroid dienone is 4. The Bertz CT molecular complexity index is 716. The van der Waals surface area contributed by atoms with Gasteiger partial charge in [0, 0.05) is 11.5 Å². The molecule has 0 spiro atoms. The molecule has 2 saturated carbocycles. The fourth-order valence-electron chi connectivity index (χ4n) is 7.52. The number of rotatable bonds is 2. The SMILES string of the molecule is C=C(C)[C@H]1CC[C@@]2(C)CC[C@]3(C)C[C@H]4[C@@H](C)C=C[C@H]4/C(C(=O)O)=C\C[C@H]3[C@H]12. The average molecular weight is 369 g/mol. The van der Waals surface area contributed by atoms with Gasteiger partial charge in [0.1, 0.15) is 0 Å². The third-order valence-electron chi connectivity index (χ3n) is 9.15. The number of fused-ring (bicyclic) bond motifs is 4. The second-order valence-corrected chi connectivity index (χ2v) is 10.8. The number of aliphatic carboxylic acids is 1. The van der Waals surface area contributed by atoms with Crippen molar-refractivity contribution >= 4 is 5.97 Å². The lowest BCUT2D eigenvalue weighted by atomic mass is 9.49. The number of hydrogen-bond donors (Lipinski definition) is 1. The fourth-order valence-corrected chi connectivity index (χ4v) is 7.52. The lowest BCUT2D eigenvalue weighted by Gasteiger charge is -2.56. The molecule has 4 aliphatic carbocycles. The Morgan fingerprint density at radius 2 is 1.89 bits per heavy atom. The van der Waals surface area contributed by atoms with Gasteiger partial charge in [-0.15, -0.1) is 0 Å². The Kier molecular flexibility index (Phi) is 4.48. The Morgan fingerprint density at radius 3 is 2.56 bits per heavy atom. The van der Waals surface area contributed by atoms with Gasteiger partial charge in [-0.25, -0.2) is 4.79 Å². The van der Waals surface area contributed by atoms with E-state index in [0.29, 0.717) is 46.0 Å². The Hall–Kier alpha value is -1.31. The first-order valence-electron chi connectivity index (χ1n) is 10.9. The summed E-state index contributed by atoms with van der Waals surface area (Å²) in [5.41, 5.74) is 2.71. The first-order valence-corrected chi connectivity index (χ1v) is 10.9. The molecular weight excluding hydrogens is 332 g/mol. The second kappa shape index (κ2) is 6.36. The van der Waals surface area contributed by atoms with E-state index in [4.69, 9.17) is 0 Å². The minimum Gasteiger partial charge on any atom is -0.478 e. The first-order chi connectivity index (χ1) is 12.7. The standard InChI is InChI=1S/C25H36O2/c1-15(2)17-10-11-24(4)12-13-25(5)14-20-16(3)6-7-18(20)19(23(26)27)8-9-21(25)22(17)24/h6-8,16-18,20-22H,1,9-14H2,2-5H3,(H,26,27)/b19-8+/t16-,17+,18-,20-,21-,22-,24-,25+/m0/s1. The highest BCUT2D eigenvalue weighted by atomic mass is 16.4.